The van der Waals surface area contributed by atoms with Gasteiger partial charge in [-0.3, -0.25) is 0 Å². The van der Waals surface area contributed by atoms with E-state index in [0.29, 0.717) is 17.3 Å². The summed E-state index contributed by atoms with van der Waals surface area (Å²) in [6, 6.07) is 16.4. The minimum absolute atomic E-state index is 0.291. The highest BCUT2D eigenvalue weighted by Crippen LogP contribution is 2.24. The molecule has 1 saturated heterocycles. The van der Waals surface area contributed by atoms with Gasteiger partial charge in [-0.1, -0.05) is 6.07 Å². The zero-order valence-electron chi connectivity index (χ0n) is 14.3. The molecule has 1 aliphatic heterocycles. The van der Waals surface area contributed by atoms with Gasteiger partial charge in [-0.2, -0.15) is 0 Å². The van der Waals surface area contributed by atoms with E-state index in [1.807, 2.05) is 0 Å². The Labute approximate surface area is 151 Å². The van der Waals surface area contributed by atoms with Crippen LogP contribution in [-0.4, -0.2) is 23.1 Å². The largest absolute Gasteiger partial charge is 0.372 e. The summed E-state index contributed by atoms with van der Waals surface area (Å²) in [5, 5.41) is 6.35. The maximum Gasteiger partial charge on any atom is 0.135 e. The first-order chi connectivity index (χ1) is 12.8. The summed E-state index contributed by atoms with van der Waals surface area (Å²) in [6.45, 7) is 2.27. The Bertz CT molecular complexity index is 875. The number of nitrogens with one attached hydrogen (secondary N) is 2. The smallest absolute Gasteiger partial charge is 0.135 e. The van der Waals surface area contributed by atoms with Crippen molar-refractivity contribution in [1.29, 1.82) is 0 Å². The molecular weight excluding hydrogens is 329 g/mol. The van der Waals surface area contributed by atoms with Crippen LogP contribution in [0.5, 0.6) is 0 Å². The molecule has 0 atom stereocenters. The lowest BCUT2D eigenvalue weighted by atomic mass is 10.2. The second kappa shape index (κ2) is 7.39. The van der Waals surface area contributed by atoms with Gasteiger partial charge in [0.25, 0.3) is 0 Å². The monoisotopic (exact) mass is 349 g/mol. The van der Waals surface area contributed by atoms with E-state index < -0.39 is 0 Å². The molecule has 0 bridgehead atoms. The molecule has 26 heavy (non-hydrogen) atoms. The third-order valence-corrected chi connectivity index (χ3v) is 4.38. The minimum Gasteiger partial charge on any atom is -0.372 e. The van der Waals surface area contributed by atoms with Crippen LogP contribution in [0.25, 0.3) is 0 Å². The fourth-order valence-corrected chi connectivity index (χ4v) is 3.09. The summed E-state index contributed by atoms with van der Waals surface area (Å²) < 4.78 is 13.3. The van der Waals surface area contributed by atoms with Gasteiger partial charge >= 0.3 is 0 Å². The van der Waals surface area contributed by atoms with Crippen LogP contribution in [0.1, 0.15) is 12.8 Å². The van der Waals surface area contributed by atoms with Crippen LogP contribution in [0.2, 0.25) is 0 Å². The van der Waals surface area contributed by atoms with E-state index >= 15 is 0 Å². The van der Waals surface area contributed by atoms with Crippen molar-refractivity contribution in [3.8, 4) is 0 Å². The summed E-state index contributed by atoms with van der Waals surface area (Å²) in [7, 11) is 0. The van der Waals surface area contributed by atoms with E-state index in [2.05, 4.69) is 49.8 Å². The highest BCUT2D eigenvalue weighted by atomic mass is 19.1. The van der Waals surface area contributed by atoms with Gasteiger partial charge in [0, 0.05) is 36.2 Å². The van der Waals surface area contributed by atoms with Crippen LogP contribution in [-0.2, 0) is 0 Å². The Morgan fingerprint density at radius 2 is 1.50 bits per heavy atom. The highest BCUT2D eigenvalue weighted by Gasteiger charge is 2.11. The van der Waals surface area contributed by atoms with Gasteiger partial charge in [0.1, 0.15) is 23.8 Å². The van der Waals surface area contributed by atoms with Crippen molar-refractivity contribution in [2.24, 2.45) is 0 Å². The molecule has 0 amide bonds. The number of halogens is 1. The van der Waals surface area contributed by atoms with Crippen LogP contribution in [0.15, 0.2) is 60.9 Å². The lowest BCUT2D eigenvalue weighted by Crippen LogP contribution is -2.17. The maximum atomic E-state index is 13.3. The molecule has 2 aromatic carbocycles. The van der Waals surface area contributed by atoms with Crippen LogP contribution in [0.3, 0.4) is 0 Å². The van der Waals surface area contributed by atoms with E-state index in [4.69, 9.17) is 0 Å². The zero-order chi connectivity index (χ0) is 17.8. The average molecular weight is 349 g/mol. The molecule has 1 fully saturated rings. The summed E-state index contributed by atoms with van der Waals surface area (Å²) in [4.78, 5) is 10.8. The Morgan fingerprint density at radius 1 is 0.808 bits per heavy atom. The van der Waals surface area contributed by atoms with Crippen molar-refractivity contribution in [1.82, 2.24) is 9.97 Å². The Hall–Kier alpha value is -3.15. The number of aromatic nitrogens is 2. The van der Waals surface area contributed by atoms with E-state index in [1.54, 1.807) is 18.2 Å². The van der Waals surface area contributed by atoms with Crippen LogP contribution >= 0.6 is 0 Å². The number of hydrogen-bond acceptors (Lipinski definition) is 5. The van der Waals surface area contributed by atoms with E-state index in [0.717, 1.165) is 18.8 Å². The van der Waals surface area contributed by atoms with Crippen molar-refractivity contribution in [2.75, 3.05) is 28.6 Å². The van der Waals surface area contributed by atoms with Gasteiger partial charge in [-0.05, 0) is 55.3 Å². The molecule has 6 heteroatoms. The Kier molecular flexibility index (Phi) is 4.64. The third-order valence-electron chi connectivity index (χ3n) is 4.38. The van der Waals surface area contributed by atoms with Crippen molar-refractivity contribution in [2.45, 2.75) is 12.8 Å². The van der Waals surface area contributed by atoms with Gasteiger partial charge in [0.05, 0.1) is 0 Å². The summed E-state index contributed by atoms with van der Waals surface area (Å²) in [6.07, 6.45) is 4.01. The first-order valence-electron chi connectivity index (χ1n) is 8.73. The summed E-state index contributed by atoms with van der Waals surface area (Å²) >= 11 is 0. The van der Waals surface area contributed by atoms with E-state index in [9.17, 15) is 4.39 Å². The van der Waals surface area contributed by atoms with Crippen molar-refractivity contribution in [3.05, 3.63) is 66.7 Å². The standard InChI is InChI=1S/C20H20FN5/c21-15-4-3-5-17(12-15)25-20-13-19(22-14-23-20)24-16-6-8-18(9-7-16)26-10-1-2-11-26/h3-9,12-14H,1-2,10-11H2,(H2,22,23,24,25). The lowest BCUT2D eigenvalue weighted by molar-refractivity contribution is 0.628. The number of hydrogen-bond donors (Lipinski definition) is 2. The molecule has 3 aromatic rings. The molecule has 1 aromatic heterocycles. The average Bonchev–Trinajstić information content (AvgIpc) is 3.17. The number of benzene rings is 2. The number of anilines is 5. The molecule has 0 unspecified atom stereocenters. The Morgan fingerprint density at radius 3 is 2.19 bits per heavy atom. The topological polar surface area (TPSA) is 53.1 Å². The molecule has 1 aliphatic rings. The molecule has 0 radical (unpaired) electrons. The molecule has 5 nitrogen and oxygen atoms in total. The van der Waals surface area contributed by atoms with Crippen LogP contribution < -0.4 is 15.5 Å². The minimum atomic E-state index is -0.291. The Balaban J connectivity index is 1.45. The van der Waals surface area contributed by atoms with Crippen molar-refractivity contribution >= 4 is 28.7 Å². The molecule has 0 aliphatic carbocycles. The maximum absolute atomic E-state index is 13.3. The highest BCUT2D eigenvalue weighted by molar-refractivity contribution is 5.64. The zero-order valence-corrected chi connectivity index (χ0v) is 14.3. The molecule has 4 rings (SSSR count). The predicted octanol–water partition coefficient (Wildman–Crippen LogP) is 4.70. The fraction of sp³-hybridized carbons (Fsp3) is 0.200. The predicted molar refractivity (Wildman–Crippen MR) is 103 cm³/mol. The first-order valence-corrected chi connectivity index (χ1v) is 8.73. The molecule has 2 heterocycles. The molecule has 0 saturated carbocycles. The van der Waals surface area contributed by atoms with Crippen LogP contribution in [0, 0.1) is 5.82 Å². The number of nitrogens with zero attached hydrogens (tertiary/aromatic N) is 3. The quantitative estimate of drug-likeness (QED) is 0.699. The fourth-order valence-electron chi connectivity index (χ4n) is 3.09. The summed E-state index contributed by atoms with van der Waals surface area (Å²) in [5.74, 6) is 0.982. The molecular formula is C20H20FN5. The van der Waals surface area contributed by atoms with Gasteiger partial charge in [0.15, 0.2) is 0 Å². The third kappa shape index (κ3) is 3.91. The number of rotatable bonds is 5. The molecule has 132 valence electrons. The van der Waals surface area contributed by atoms with Crippen LogP contribution in [0.4, 0.5) is 33.1 Å². The second-order valence-electron chi connectivity index (χ2n) is 6.29. The van der Waals surface area contributed by atoms with Gasteiger partial charge in [-0.15, -0.1) is 0 Å². The van der Waals surface area contributed by atoms with E-state index in [1.165, 1.54) is 37.0 Å². The van der Waals surface area contributed by atoms with Gasteiger partial charge in [0.2, 0.25) is 0 Å². The summed E-state index contributed by atoms with van der Waals surface area (Å²) in [5.41, 5.74) is 2.86. The first kappa shape index (κ1) is 16.3. The molecule has 0 spiro atoms. The second-order valence-corrected chi connectivity index (χ2v) is 6.29. The van der Waals surface area contributed by atoms with Crippen molar-refractivity contribution < 1.29 is 4.39 Å². The normalized spacial score (nSPS) is 13.7. The van der Waals surface area contributed by atoms with Gasteiger partial charge in [-0.25, -0.2) is 14.4 Å². The van der Waals surface area contributed by atoms with Crippen molar-refractivity contribution in [3.63, 3.8) is 0 Å². The van der Waals surface area contributed by atoms with E-state index in [-0.39, 0.29) is 5.82 Å². The SMILES string of the molecule is Fc1cccc(Nc2cc(Nc3ccc(N4CCCC4)cc3)ncn2)c1. The van der Waals surface area contributed by atoms with Gasteiger partial charge < -0.3 is 15.5 Å². The lowest BCUT2D eigenvalue weighted by Gasteiger charge is -2.18. The molecule has 2 N–H and O–H groups in total.